The number of hydrogen-bond acceptors (Lipinski definition) is 4. The van der Waals surface area contributed by atoms with Crippen molar-refractivity contribution >= 4 is 10.0 Å². The molecule has 5 nitrogen and oxygen atoms in total. The highest BCUT2D eigenvalue weighted by Gasteiger charge is 2.18. The molecule has 0 amide bonds. The van der Waals surface area contributed by atoms with Crippen molar-refractivity contribution in [2.45, 2.75) is 18.9 Å². The predicted octanol–water partition coefficient (Wildman–Crippen LogP) is -1.01. The SMILES string of the molecule is CNS(=O)(=O)CCN1CCC(O)CC1. The minimum Gasteiger partial charge on any atom is -0.393 e. The van der Waals surface area contributed by atoms with Gasteiger partial charge in [0.2, 0.25) is 10.0 Å². The van der Waals surface area contributed by atoms with E-state index in [-0.39, 0.29) is 11.9 Å². The van der Waals surface area contributed by atoms with Crippen molar-refractivity contribution in [3.63, 3.8) is 0 Å². The second-order valence-electron chi connectivity index (χ2n) is 3.60. The molecule has 0 radical (unpaired) electrons. The number of piperidine rings is 1. The summed E-state index contributed by atoms with van der Waals surface area (Å²) < 4.78 is 24.5. The van der Waals surface area contributed by atoms with Crippen LogP contribution in [-0.2, 0) is 10.0 Å². The summed E-state index contributed by atoms with van der Waals surface area (Å²) in [5, 5.41) is 9.24. The molecule has 0 aromatic carbocycles. The van der Waals surface area contributed by atoms with E-state index in [1.165, 1.54) is 7.05 Å². The van der Waals surface area contributed by atoms with Crippen molar-refractivity contribution in [2.75, 3.05) is 32.4 Å². The van der Waals surface area contributed by atoms with Crippen LogP contribution in [0.25, 0.3) is 0 Å². The lowest BCUT2D eigenvalue weighted by Crippen LogP contribution is -2.39. The molecule has 1 saturated heterocycles. The average molecular weight is 222 g/mol. The molecule has 0 bridgehead atoms. The number of sulfonamides is 1. The Hall–Kier alpha value is -0.170. The zero-order chi connectivity index (χ0) is 10.6. The molecule has 14 heavy (non-hydrogen) atoms. The first-order valence-corrected chi connectivity index (χ1v) is 6.50. The van der Waals surface area contributed by atoms with Crippen LogP contribution in [-0.4, -0.2) is 57.0 Å². The topological polar surface area (TPSA) is 69.6 Å². The van der Waals surface area contributed by atoms with Crippen molar-refractivity contribution in [1.82, 2.24) is 9.62 Å². The first-order chi connectivity index (χ1) is 6.53. The Morgan fingerprint density at radius 1 is 1.43 bits per heavy atom. The molecular weight excluding hydrogens is 204 g/mol. The summed E-state index contributed by atoms with van der Waals surface area (Å²) in [6, 6.07) is 0. The Kier molecular flexibility index (Phi) is 4.31. The normalized spacial score (nSPS) is 21.3. The maximum absolute atomic E-state index is 11.1. The maximum atomic E-state index is 11.1. The van der Waals surface area contributed by atoms with Gasteiger partial charge in [0.25, 0.3) is 0 Å². The highest BCUT2D eigenvalue weighted by molar-refractivity contribution is 7.89. The first-order valence-electron chi connectivity index (χ1n) is 4.85. The number of likely N-dealkylation sites (tertiary alicyclic amines) is 1. The first kappa shape index (κ1) is 11.9. The number of hydrogen-bond donors (Lipinski definition) is 2. The fourth-order valence-electron chi connectivity index (χ4n) is 1.49. The predicted molar refractivity (Wildman–Crippen MR) is 54.5 cm³/mol. The maximum Gasteiger partial charge on any atom is 0.212 e. The van der Waals surface area contributed by atoms with E-state index in [0.717, 1.165) is 25.9 Å². The molecule has 1 aliphatic rings. The van der Waals surface area contributed by atoms with Crippen LogP contribution < -0.4 is 4.72 Å². The van der Waals surface area contributed by atoms with Gasteiger partial charge in [-0.15, -0.1) is 0 Å². The molecule has 2 N–H and O–H groups in total. The van der Waals surface area contributed by atoms with E-state index >= 15 is 0 Å². The summed E-state index contributed by atoms with van der Waals surface area (Å²) in [5.74, 6) is 0.138. The molecule has 1 heterocycles. The summed E-state index contributed by atoms with van der Waals surface area (Å²) in [6.07, 6.45) is 1.30. The van der Waals surface area contributed by atoms with E-state index in [1.54, 1.807) is 0 Å². The molecule has 0 aliphatic carbocycles. The lowest BCUT2D eigenvalue weighted by Gasteiger charge is -2.29. The Morgan fingerprint density at radius 3 is 2.50 bits per heavy atom. The van der Waals surface area contributed by atoms with Crippen LogP contribution in [0, 0.1) is 0 Å². The Labute approximate surface area is 85.2 Å². The smallest absolute Gasteiger partial charge is 0.212 e. The van der Waals surface area contributed by atoms with E-state index < -0.39 is 10.0 Å². The van der Waals surface area contributed by atoms with E-state index in [0.29, 0.717) is 6.54 Å². The second-order valence-corrected chi connectivity index (χ2v) is 5.64. The van der Waals surface area contributed by atoms with Crippen LogP contribution in [0.2, 0.25) is 0 Å². The van der Waals surface area contributed by atoms with Gasteiger partial charge in [0.05, 0.1) is 11.9 Å². The van der Waals surface area contributed by atoms with Crippen molar-refractivity contribution in [3.05, 3.63) is 0 Å². The van der Waals surface area contributed by atoms with Crippen LogP contribution in [0.1, 0.15) is 12.8 Å². The molecule has 0 aromatic rings. The zero-order valence-corrected chi connectivity index (χ0v) is 9.26. The second kappa shape index (κ2) is 5.06. The third kappa shape index (κ3) is 3.91. The van der Waals surface area contributed by atoms with Gasteiger partial charge in [-0.1, -0.05) is 0 Å². The monoisotopic (exact) mass is 222 g/mol. The minimum atomic E-state index is -3.09. The summed E-state index contributed by atoms with van der Waals surface area (Å²) in [7, 11) is -1.66. The molecule has 6 heteroatoms. The zero-order valence-electron chi connectivity index (χ0n) is 8.44. The summed E-state index contributed by atoms with van der Waals surface area (Å²) in [4.78, 5) is 2.07. The Balaban J connectivity index is 2.26. The van der Waals surface area contributed by atoms with Gasteiger partial charge >= 0.3 is 0 Å². The van der Waals surface area contributed by atoms with Crippen molar-refractivity contribution in [1.29, 1.82) is 0 Å². The van der Waals surface area contributed by atoms with Gasteiger partial charge in [0, 0.05) is 19.6 Å². The molecule has 0 unspecified atom stereocenters. The van der Waals surface area contributed by atoms with E-state index in [4.69, 9.17) is 0 Å². The molecule has 84 valence electrons. The molecule has 0 atom stereocenters. The van der Waals surface area contributed by atoms with Crippen molar-refractivity contribution in [2.24, 2.45) is 0 Å². The van der Waals surface area contributed by atoms with Crippen LogP contribution in [0.5, 0.6) is 0 Å². The number of nitrogens with one attached hydrogen (secondary N) is 1. The van der Waals surface area contributed by atoms with Gasteiger partial charge in [0.1, 0.15) is 0 Å². The summed E-state index contributed by atoms with van der Waals surface area (Å²) >= 11 is 0. The fourth-order valence-corrected chi connectivity index (χ4v) is 2.20. The highest BCUT2D eigenvalue weighted by Crippen LogP contribution is 2.09. The molecule has 1 aliphatic heterocycles. The van der Waals surface area contributed by atoms with Gasteiger partial charge in [0.15, 0.2) is 0 Å². The minimum absolute atomic E-state index is 0.138. The molecule has 0 saturated carbocycles. The largest absolute Gasteiger partial charge is 0.393 e. The lowest BCUT2D eigenvalue weighted by atomic mass is 10.1. The van der Waals surface area contributed by atoms with Crippen LogP contribution in [0.4, 0.5) is 0 Å². The van der Waals surface area contributed by atoms with Crippen LogP contribution in [0.3, 0.4) is 0 Å². The van der Waals surface area contributed by atoms with Gasteiger partial charge in [-0.05, 0) is 19.9 Å². The van der Waals surface area contributed by atoms with E-state index in [2.05, 4.69) is 9.62 Å². The molecule has 1 rings (SSSR count). The third-order valence-corrected chi connectivity index (χ3v) is 3.89. The number of aliphatic hydroxyl groups excluding tert-OH is 1. The van der Waals surface area contributed by atoms with Gasteiger partial charge < -0.3 is 10.0 Å². The third-order valence-electron chi connectivity index (χ3n) is 2.54. The van der Waals surface area contributed by atoms with Crippen molar-refractivity contribution in [3.8, 4) is 0 Å². The van der Waals surface area contributed by atoms with Crippen LogP contribution in [0.15, 0.2) is 0 Å². The van der Waals surface area contributed by atoms with Gasteiger partial charge in [-0.2, -0.15) is 0 Å². The van der Waals surface area contributed by atoms with E-state index in [9.17, 15) is 13.5 Å². The average Bonchev–Trinajstić information content (AvgIpc) is 2.17. The number of nitrogens with zero attached hydrogens (tertiary/aromatic N) is 1. The lowest BCUT2D eigenvalue weighted by molar-refractivity contribution is 0.0855. The fraction of sp³-hybridized carbons (Fsp3) is 1.00. The number of rotatable bonds is 4. The quantitative estimate of drug-likeness (QED) is 0.639. The van der Waals surface area contributed by atoms with Crippen molar-refractivity contribution < 1.29 is 13.5 Å². The van der Waals surface area contributed by atoms with Gasteiger partial charge in [-0.25, -0.2) is 13.1 Å². The molecule has 0 spiro atoms. The standard InChI is InChI=1S/C8H18N2O3S/c1-9-14(12,13)7-6-10-4-2-8(11)3-5-10/h8-9,11H,2-7H2,1H3. The van der Waals surface area contributed by atoms with E-state index in [1.807, 2.05) is 0 Å². The molecule has 1 fully saturated rings. The summed E-state index contributed by atoms with van der Waals surface area (Å²) in [6.45, 7) is 2.14. The molecular formula is C8H18N2O3S. The Morgan fingerprint density at radius 2 is 2.00 bits per heavy atom. The van der Waals surface area contributed by atoms with Gasteiger partial charge in [-0.3, -0.25) is 0 Å². The van der Waals surface area contributed by atoms with Crippen LogP contribution >= 0.6 is 0 Å². The molecule has 0 aromatic heterocycles. The summed E-state index contributed by atoms with van der Waals surface area (Å²) in [5.41, 5.74) is 0. The highest BCUT2D eigenvalue weighted by atomic mass is 32.2. The number of aliphatic hydroxyl groups is 1. The Bertz CT molecular complexity index is 258.